The van der Waals surface area contributed by atoms with Crippen molar-refractivity contribution in [2.24, 2.45) is 5.73 Å². The number of imidazole rings is 1. The van der Waals surface area contributed by atoms with Crippen LogP contribution in [0, 0.1) is 6.92 Å². The van der Waals surface area contributed by atoms with Crippen molar-refractivity contribution < 1.29 is 0 Å². The van der Waals surface area contributed by atoms with E-state index in [2.05, 4.69) is 59.1 Å². The lowest BCUT2D eigenvalue weighted by molar-refractivity contribution is 0.498. The molecule has 3 nitrogen and oxygen atoms in total. The molecule has 0 aliphatic carbocycles. The molecule has 3 rings (SSSR count). The third kappa shape index (κ3) is 2.64. The SMILES string of the molecule is Cc1ccccc1C(C(C)N)n1ccnc1-c1cccs1. The molecule has 2 N–H and O–H groups in total. The van der Waals surface area contributed by atoms with Crippen LogP contribution in [0.3, 0.4) is 0 Å². The van der Waals surface area contributed by atoms with Crippen LogP contribution < -0.4 is 5.73 Å². The largest absolute Gasteiger partial charge is 0.326 e. The van der Waals surface area contributed by atoms with Gasteiger partial charge in [-0.15, -0.1) is 11.3 Å². The number of nitrogens with two attached hydrogens (primary N) is 1. The predicted octanol–water partition coefficient (Wildman–Crippen LogP) is 3.86. The Balaban J connectivity index is 2.12. The summed E-state index contributed by atoms with van der Waals surface area (Å²) in [6.45, 7) is 4.18. The van der Waals surface area contributed by atoms with Gasteiger partial charge in [-0.3, -0.25) is 0 Å². The number of hydrogen-bond acceptors (Lipinski definition) is 3. The normalized spacial score (nSPS) is 14.0. The maximum atomic E-state index is 6.31. The molecule has 21 heavy (non-hydrogen) atoms. The average Bonchev–Trinajstić information content (AvgIpc) is 3.11. The van der Waals surface area contributed by atoms with E-state index < -0.39 is 0 Å². The van der Waals surface area contributed by atoms with Gasteiger partial charge in [-0.05, 0) is 36.4 Å². The fraction of sp³-hybridized carbons (Fsp3) is 0.235. The molecule has 2 aromatic heterocycles. The molecule has 4 heteroatoms. The Morgan fingerprint density at radius 2 is 2.00 bits per heavy atom. The van der Waals surface area contributed by atoms with E-state index in [1.165, 1.54) is 16.0 Å². The Morgan fingerprint density at radius 1 is 1.19 bits per heavy atom. The van der Waals surface area contributed by atoms with Crippen molar-refractivity contribution in [2.75, 3.05) is 0 Å². The Labute approximate surface area is 129 Å². The minimum atomic E-state index is -0.000915. The van der Waals surface area contributed by atoms with Crippen molar-refractivity contribution in [3.8, 4) is 10.7 Å². The van der Waals surface area contributed by atoms with Gasteiger partial charge in [-0.1, -0.05) is 30.3 Å². The average molecular weight is 297 g/mol. The Hall–Kier alpha value is -1.91. The van der Waals surface area contributed by atoms with Crippen LogP contribution in [0.5, 0.6) is 0 Å². The van der Waals surface area contributed by atoms with Crippen LogP contribution in [0.1, 0.15) is 24.1 Å². The number of thiophene rings is 1. The first-order valence-electron chi connectivity index (χ1n) is 7.06. The van der Waals surface area contributed by atoms with Crippen molar-refractivity contribution >= 4 is 11.3 Å². The van der Waals surface area contributed by atoms with Gasteiger partial charge in [0, 0.05) is 18.4 Å². The number of nitrogens with zero attached hydrogens (tertiary/aromatic N) is 2. The molecule has 3 aromatic rings. The van der Waals surface area contributed by atoms with Crippen molar-refractivity contribution in [1.29, 1.82) is 0 Å². The molecule has 2 unspecified atom stereocenters. The summed E-state index contributed by atoms with van der Waals surface area (Å²) < 4.78 is 2.19. The van der Waals surface area contributed by atoms with Crippen LogP contribution in [0.4, 0.5) is 0 Å². The van der Waals surface area contributed by atoms with Crippen LogP contribution in [-0.4, -0.2) is 15.6 Å². The molecule has 2 atom stereocenters. The summed E-state index contributed by atoms with van der Waals surface area (Å²) in [6.07, 6.45) is 3.87. The van der Waals surface area contributed by atoms with Gasteiger partial charge in [-0.2, -0.15) is 0 Å². The van der Waals surface area contributed by atoms with Crippen LogP contribution in [0.2, 0.25) is 0 Å². The third-order valence-electron chi connectivity index (χ3n) is 3.72. The van der Waals surface area contributed by atoms with Gasteiger partial charge in [0.2, 0.25) is 0 Å². The summed E-state index contributed by atoms with van der Waals surface area (Å²) in [5.41, 5.74) is 8.81. The van der Waals surface area contributed by atoms with E-state index in [0.29, 0.717) is 0 Å². The molecular formula is C17H19N3S. The van der Waals surface area contributed by atoms with Crippen LogP contribution >= 0.6 is 11.3 Å². The van der Waals surface area contributed by atoms with E-state index in [1.54, 1.807) is 11.3 Å². The zero-order valence-electron chi connectivity index (χ0n) is 12.2. The molecule has 0 spiro atoms. The molecule has 2 heterocycles. The Morgan fingerprint density at radius 3 is 2.67 bits per heavy atom. The number of rotatable bonds is 4. The standard InChI is InChI=1S/C17H19N3S/c1-12-6-3-4-7-14(12)16(13(2)18)20-10-9-19-17(20)15-8-5-11-21-15/h3-11,13,16H,18H2,1-2H3. The summed E-state index contributed by atoms with van der Waals surface area (Å²) in [4.78, 5) is 5.70. The van der Waals surface area contributed by atoms with Gasteiger partial charge in [0.25, 0.3) is 0 Å². The molecule has 0 saturated carbocycles. The molecule has 0 radical (unpaired) electrons. The summed E-state index contributed by atoms with van der Waals surface area (Å²) in [6, 6.07) is 12.6. The first-order valence-corrected chi connectivity index (χ1v) is 7.94. The highest BCUT2D eigenvalue weighted by Crippen LogP contribution is 2.31. The van der Waals surface area contributed by atoms with Crippen molar-refractivity contribution in [2.45, 2.75) is 25.9 Å². The Bertz CT molecular complexity index is 713. The molecule has 0 aliphatic heterocycles. The lowest BCUT2D eigenvalue weighted by Crippen LogP contribution is -2.30. The van der Waals surface area contributed by atoms with Crippen LogP contribution in [0.15, 0.2) is 54.2 Å². The molecule has 0 saturated heterocycles. The van der Waals surface area contributed by atoms with Gasteiger partial charge in [-0.25, -0.2) is 4.98 Å². The predicted molar refractivity (Wildman–Crippen MR) is 88.5 cm³/mol. The highest BCUT2D eigenvalue weighted by molar-refractivity contribution is 7.13. The maximum absolute atomic E-state index is 6.31. The van der Waals surface area contributed by atoms with Gasteiger partial charge < -0.3 is 10.3 Å². The van der Waals surface area contributed by atoms with E-state index in [1.807, 2.05) is 18.5 Å². The quantitative estimate of drug-likeness (QED) is 0.794. The number of benzene rings is 1. The number of aromatic nitrogens is 2. The van der Waals surface area contributed by atoms with E-state index in [4.69, 9.17) is 5.73 Å². The van der Waals surface area contributed by atoms with Crippen LogP contribution in [0.25, 0.3) is 10.7 Å². The summed E-state index contributed by atoms with van der Waals surface area (Å²) in [7, 11) is 0. The molecule has 108 valence electrons. The second-order valence-corrected chi connectivity index (χ2v) is 6.24. The third-order valence-corrected chi connectivity index (χ3v) is 4.58. The van der Waals surface area contributed by atoms with Gasteiger partial charge in [0.1, 0.15) is 0 Å². The first-order chi connectivity index (χ1) is 10.2. The number of aryl methyl sites for hydroxylation is 1. The fourth-order valence-corrected chi connectivity index (χ4v) is 3.46. The summed E-state index contributed by atoms with van der Waals surface area (Å²) in [5, 5.41) is 2.07. The van der Waals surface area contributed by atoms with Gasteiger partial charge >= 0.3 is 0 Å². The maximum Gasteiger partial charge on any atom is 0.150 e. The molecule has 0 aliphatic rings. The van der Waals surface area contributed by atoms with E-state index in [9.17, 15) is 0 Å². The second kappa shape index (κ2) is 5.84. The lowest BCUT2D eigenvalue weighted by atomic mass is 9.96. The zero-order chi connectivity index (χ0) is 14.8. The van der Waals surface area contributed by atoms with E-state index in [0.717, 1.165) is 5.82 Å². The highest BCUT2D eigenvalue weighted by Gasteiger charge is 2.23. The number of hydrogen-bond donors (Lipinski definition) is 1. The molecule has 0 fully saturated rings. The lowest BCUT2D eigenvalue weighted by Gasteiger charge is -2.26. The minimum Gasteiger partial charge on any atom is -0.326 e. The van der Waals surface area contributed by atoms with E-state index >= 15 is 0 Å². The molecule has 1 aromatic carbocycles. The molecular weight excluding hydrogens is 278 g/mol. The molecule has 0 amide bonds. The summed E-state index contributed by atoms with van der Waals surface area (Å²) >= 11 is 1.70. The fourth-order valence-electron chi connectivity index (χ4n) is 2.74. The molecule has 0 bridgehead atoms. The van der Waals surface area contributed by atoms with Crippen molar-refractivity contribution in [1.82, 2.24) is 9.55 Å². The second-order valence-electron chi connectivity index (χ2n) is 5.30. The summed E-state index contributed by atoms with van der Waals surface area (Å²) in [5.74, 6) is 0.982. The van der Waals surface area contributed by atoms with Gasteiger partial charge in [0.05, 0.1) is 10.9 Å². The van der Waals surface area contributed by atoms with E-state index in [-0.39, 0.29) is 12.1 Å². The van der Waals surface area contributed by atoms with Crippen molar-refractivity contribution in [3.05, 3.63) is 65.3 Å². The van der Waals surface area contributed by atoms with Gasteiger partial charge in [0.15, 0.2) is 5.82 Å². The Kier molecular flexibility index (Phi) is 3.90. The topological polar surface area (TPSA) is 43.8 Å². The minimum absolute atomic E-state index is 0.000915. The monoisotopic (exact) mass is 297 g/mol. The van der Waals surface area contributed by atoms with Crippen molar-refractivity contribution in [3.63, 3.8) is 0 Å². The smallest absolute Gasteiger partial charge is 0.150 e. The van der Waals surface area contributed by atoms with Crippen LogP contribution in [-0.2, 0) is 0 Å². The first kappa shape index (κ1) is 14.0. The zero-order valence-corrected chi connectivity index (χ0v) is 13.0. The highest BCUT2D eigenvalue weighted by atomic mass is 32.1.